The summed E-state index contributed by atoms with van der Waals surface area (Å²) < 4.78 is 23.7. The van der Waals surface area contributed by atoms with Gasteiger partial charge in [-0.1, -0.05) is 143 Å². The lowest BCUT2D eigenvalue weighted by atomic mass is 9.63. The molecule has 0 heterocycles. The number of hydrogen-bond donors (Lipinski definition) is 0. The zero-order valence-electron chi connectivity index (χ0n) is 64.4. The van der Waals surface area contributed by atoms with Crippen molar-refractivity contribution in [2.45, 2.75) is 267 Å². The van der Waals surface area contributed by atoms with Gasteiger partial charge in [-0.05, 0) is 211 Å². The molecule has 4 aliphatic rings. The van der Waals surface area contributed by atoms with Crippen molar-refractivity contribution in [2.24, 2.45) is 86.2 Å². The predicted octanol–water partition coefficient (Wildman–Crippen LogP) is 17.2. The first-order chi connectivity index (χ1) is 50.3. The van der Waals surface area contributed by atoms with Crippen LogP contribution in [-0.2, 0) is 58.9 Å². The molecule has 4 aliphatic carbocycles. The Morgan fingerprint density at radius 2 is 1.10 bits per heavy atom. The van der Waals surface area contributed by atoms with Gasteiger partial charge in [-0.3, -0.25) is 0 Å². The number of aryl methyl sites for hydroxylation is 1. The van der Waals surface area contributed by atoms with E-state index in [0.717, 1.165) is 121 Å². The molecule has 24 heteroatoms. The number of nitriles is 5. The molecular weight excluding hydrogens is 1330 g/mol. The van der Waals surface area contributed by atoms with Gasteiger partial charge in [0.05, 0.1) is 44.3 Å². The van der Waals surface area contributed by atoms with Crippen LogP contribution < -0.4 is 4.74 Å². The van der Waals surface area contributed by atoms with Gasteiger partial charge in [0.2, 0.25) is 42.6 Å². The lowest BCUT2D eigenvalue weighted by Gasteiger charge is -2.44. The SMILES string of the molecule is CC(CCN=C=O)CC(C)(C)COC#N.CC(COC#N)CC(C)(C)CCN=C=O.CC1(C)CC(N=C=O)CC(C)(CN=C=O)C1.CCCCCCCOC#N.Cc1ccc(Cc2ccc(OC#N)cc2)cc1.N#COC1CCC(CC2CCC(N=C=O)CC2)CC1.O=C=NCC1CCCC(N=C=O)C1. The number of hydrogen-bond acceptors (Lipinski definition) is 24. The Balaban J connectivity index is 0.00000121. The Morgan fingerprint density at radius 3 is 1.66 bits per heavy atom. The van der Waals surface area contributed by atoms with Gasteiger partial charge < -0.3 is 23.7 Å². The van der Waals surface area contributed by atoms with Gasteiger partial charge in [0, 0.05) is 5.41 Å². The second-order valence-corrected chi connectivity index (χ2v) is 30.7. The van der Waals surface area contributed by atoms with E-state index in [2.05, 4.69) is 138 Å². The first-order valence-corrected chi connectivity index (χ1v) is 36.9. The van der Waals surface area contributed by atoms with E-state index in [1.165, 1.54) is 92.7 Å². The van der Waals surface area contributed by atoms with E-state index in [0.29, 0.717) is 69.5 Å². The molecular formula is C81H116N12O12. The second-order valence-electron chi connectivity index (χ2n) is 30.7. The van der Waals surface area contributed by atoms with Crippen molar-refractivity contribution in [3.05, 3.63) is 65.2 Å². The number of unbranched alkanes of at least 4 members (excludes halogenated alkanes) is 4. The Morgan fingerprint density at radius 1 is 0.543 bits per heavy atom. The highest BCUT2D eigenvalue weighted by Crippen LogP contribution is 2.47. The van der Waals surface area contributed by atoms with Crippen LogP contribution in [0.25, 0.3) is 0 Å². The number of rotatable bonds is 33. The Bertz CT molecular complexity index is 3290. The van der Waals surface area contributed by atoms with Crippen molar-refractivity contribution < 1.29 is 57.2 Å². The topological polar surface area (TPSA) is 371 Å². The molecule has 0 bridgehead atoms. The van der Waals surface area contributed by atoms with Crippen molar-refractivity contribution in [3.8, 4) is 37.0 Å². The maximum Gasteiger partial charge on any atom is 0.292 e. The van der Waals surface area contributed by atoms with Crippen molar-refractivity contribution in [1.29, 1.82) is 26.3 Å². The summed E-state index contributed by atoms with van der Waals surface area (Å²) in [5, 5.41) is 41.4. The van der Waals surface area contributed by atoms with Crippen molar-refractivity contribution in [3.63, 3.8) is 0 Å². The molecule has 6 atom stereocenters. The summed E-state index contributed by atoms with van der Waals surface area (Å²) in [4.78, 5) is 96.1. The van der Waals surface area contributed by atoms with E-state index in [4.69, 9.17) is 40.5 Å². The lowest BCUT2D eigenvalue weighted by Crippen LogP contribution is -2.39. The molecule has 0 saturated heterocycles. The summed E-state index contributed by atoms with van der Waals surface area (Å²) in [5.74, 6) is 3.36. The highest BCUT2D eigenvalue weighted by Gasteiger charge is 2.41. The predicted molar refractivity (Wildman–Crippen MR) is 399 cm³/mol. The van der Waals surface area contributed by atoms with Crippen LogP contribution in [0.1, 0.15) is 246 Å². The molecule has 105 heavy (non-hydrogen) atoms. The molecule has 24 nitrogen and oxygen atoms in total. The fourth-order valence-electron chi connectivity index (χ4n) is 14.3. The van der Waals surface area contributed by atoms with Gasteiger partial charge in [-0.2, -0.15) is 21.0 Å². The number of carbonyl (C=O) groups excluding carboxylic acids is 7. The van der Waals surface area contributed by atoms with E-state index in [9.17, 15) is 33.6 Å². The fourth-order valence-corrected chi connectivity index (χ4v) is 14.3. The van der Waals surface area contributed by atoms with Crippen molar-refractivity contribution >= 4 is 42.6 Å². The summed E-state index contributed by atoms with van der Waals surface area (Å²) in [6.07, 6.45) is 47.1. The zero-order chi connectivity index (χ0) is 78.5. The maximum absolute atomic E-state index is 10.3. The van der Waals surface area contributed by atoms with Crippen molar-refractivity contribution in [1.82, 2.24) is 0 Å². The molecule has 572 valence electrons. The van der Waals surface area contributed by atoms with Gasteiger partial charge in [-0.15, -0.1) is 5.26 Å². The maximum atomic E-state index is 10.3. The molecule has 6 rings (SSSR count). The summed E-state index contributed by atoms with van der Waals surface area (Å²) in [7, 11) is 0. The molecule has 4 saturated carbocycles. The molecule has 2 aromatic carbocycles. The van der Waals surface area contributed by atoms with Crippen LogP contribution in [0.5, 0.6) is 5.75 Å². The minimum absolute atomic E-state index is 0.00750. The summed E-state index contributed by atoms with van der Waals surface area (Å²) in [6.45, 7) is 26.7. The third-order valence-electron chi connectivity index (χ3n) is 18.9. The zero-order valence-corrected chi connectivity index (χ0v) is 64.4. The van der Waals surface area contributed by atoms with E-state index < -0.39 is 0 Å². The van der Waals surface area contributed by atoms with Gasteiger partial charge >= 0.3 is 0 Å². The molecule has 2 aromatic rings. The average Bonchev–Trinajstić information content (AvgIpc) is 0.802. The quantitative estimate of drug-likeness (QED) is 0.0277. The van der Waals surface area contributed by atoms with Gasteiger partial charge in [0.15, 0.2) is 0 Å². The van der Waals surface area contributed by atoms with Crippen LogP contribution in [0, 0.1) is 116 Å². The molecule has 4 fully saturated rings. The van der Waals surface area contributed by atoms with Crippen LogP contribution >= 0.6 is 0 Å². The normalized spacial score (nSPS) is 20.5. The highest BCUT2D eigenvalue weighted by atomic mass is 16.5. The van der Waals surface area contributed by atoms with Gasteiger partial charge in [-0.25, -0.2) is 68.5 Å². The summed E-state index contributed by atoms with van der Waals surface area (Å²) >= 11 is 0. The third-order valence-corrected chi connectivity index (χ3v) is 18.9. The van der Waals surface area contributed by atoms with Gasteiger partial charge in [0.25, 0.3) is 31.3 Å². The minimum Gasteiger partial charge on any atom is -0.428 e. The van der Waals surface area contributed by atoms with Crippen LogP contribution in [0.15, 0.2) is 83.5 Å². The first kappa shape index (κ1) is 95.5. The van der Waals surface area contributed by atoms with Crippen LogP contribution in [0.4, 0.5) is 0 Å². The Labute approximate surface area is 625 Å². The van der Waals surface area contributed by atoms with E-state index in [1.807, 2.05) is 37.4 Å². The van der Waals surface area contributed by atoms with Crippen LogP contribution in [-0.4, -0.2) is 113 Å². The van der Waals surface area contributed by atoms with Crippen LogP contribution in [0.3, 0.4) is 0 Å². The number of aliphatic imine (C=N–C) groups is 7. The third kappa shape index (κ3) is 51.4. The molecule has 6 unspecified atom stereocenters. The molecule has 0 N–H and O–H groups in total. The van der Waals surface area contributed by atoms with Crippen molar-refractivity contribution in [2.75, 3.05) is 46.0 Å². The number of isocyanates is 7. The smallest absolute Gasteiger partial charge is 0.292 e. The van der Waals surface area contributed by atoms with E-state index in [-0.39, 0.29) is 45.9 Å². The summed E-state index contributed by atoms with van der Waals surface area (Å²) in [5.41, 5.74) is 3.91. The lowest BCUT2D eigenvalue weighted by molar-refractivity contribution is 0.0913. The van der Waals surface area contributed by atoms with Gasteiger partial charge in [0.1, 0.15) is 31.7 Å². The summed E-state index contributed by atoms with van der Waals surface area (Å²) in [6, 6.07) is 16.4. The largest absolute Gasteiger partial charge is 0.428 e. The molecule has 0 amide bonds. The molecule has 0 spiro atoms. The second kappa shape index (κ2) is 58.9. The number of nitrogens with zero attached hydrogens (tertiary/aromatic N) is 12. The Hall–Kier alpha value is -9.45. The molecule has 0 aliphatic heterocycles. The molecule has 0 radical (unpaired) electrons. The highest BCUT2D eigenvalue weighted by molar-refractivity contribution is 5.36. The average molecular weight is 1450 g/mol. The van der Waals surface area contributed by atoms with E-state index in [1.54, 1.807) is 49.3 Å². The van der Waals surface area contributed by atoms with E-state index >= 15 is 0 Å². The minimum atomic E-state index is -0.0653. The Kier molecular flexibility index (Phi) is 53.6. The number of ether oxygens (including phenoxy) is 5. The monoisotopic (exact) mass is 1450 g/mol. The number of benzene rings is 2. The first-order valence-electron chi connectivity index (χ1n) is 36.9. The standard InChI is InChI=1S/C15H22N2O2.C15H13NO.C12H18N2O2.2C11H18N2O2.C9H12N2O2.C8H15NO/c16-10-19-15-7-3-13(4-8-15)9-12-1-5-14(6-2-12)17-11-18;1-12-2-4-13(5-3-12)10-14-6-8-15(9-7-14)17-11-16;1-11(2)4-10(14-9-16)5-12(3,6-11)7-13-8-15;1-10(7-15-8-12)6-11(2,3)4-5-13-9-14;1-10(4-5-13-9-14)6-11(2,3)7-15-8-12;12-6-10-5-8-2-1-3-9(4-8)11-7-13;1-2-3-4-5-6-7-10-8-9/h12-15H,1-9H2;2-9H,10H2,1H3;10H,4-7H2,1-3H3;2*10H,4-7H2,1-3H3;8-9H,1-5H2;2-7H2,1H3. The van der Waals surface area contributed by atoms with Crippen LogP contribution in [0.2, 0.25) is 0 Å². The fraction of sp³-hybridized carbons (Fsp3) is 0.704. The molecule has 0 aromatic heterocycles.